The van der Waals surface area contributed by atoms with Gasteiger partial charge in [-0.05, 0) is 0 Å². The number of allylic oxidation sites excluding steroid dienone is 4. The Bertz CT molecular complexity index is 743. The van der Waals surface area contributed by atoms with Crippen molar-refractivity contribution in [1.82, 2.24) is 0 Å². The zero-order valence-electron chi connectivity index (χ0n) is 15.7. The summed E-state index contributed by atoms with van der Waals surface area (Å²) in [7, 11) is -0.380. The standard InChI is InChI=1S/C22H25Si.3ClH.Ti/c1-2-3-6-11-18-16-21(19-12-7-4-8-13-19)22(17-18)23-20-14-9-5-10-15-20;;;;/h4-5,7-10,12-15H,2-3,6,11,17,23H2,1H3;3*1H;/q;;;;+3/p-3. The van der Waals surface area contributed by atoms with Crippen LogP contribution in [0.15, 0.2) is 75.3 Å². The Morgan fingerprint density at radius 2 is 1.44 bits per heavy atom. The summed E-state index contributed by atoms with van der Waals surface area (Å²) in [4.78, 5) is 0. The molecule has 0 unspecified atom stereocenters. The normalized spacial score (nSPS) is 13.4. The summed E-state index contributed by atoms with van der Waals surface area (Å²) in [6, 6.07) is 22.1. The number of rotatable bonds is 7. The van der Waals surface area contributed by atoms with Crippen molar-refractivity contribution in [3.63, 3.8) is 0 Å². The summed E-state index contributed by atoms with van der Waals surface area (Å²) in [5.74, 6) is 0. The van der Waals surface area contributed by atoms with Gasteiger partial charge in [-0.3, -0.25) is 0 Å². The Morgan fingerprint density at radius 1 is 0.852 bits per heavy atom. The molecule has 0 aromatic heterocycles. The predicted octanol–water partition coefficient (Wildman–Crippen LogP) is -4.31. The Labute approximate surface area is 196 Å². The van der Waals surface area contributed by atoms with Gasteiger partial charge in [-0.25, -0.2) is 0 Å². The molecule has 2 aromatic carbocycles. The first-order valence-corrected chi connectivity index (χ1v) is 11.2. The number of halogens is 3. The summed E-state index contributed by atoms with van der Waals surface area (Å²) in [5, 5.41) is 3.29. The van der Waals surface area contributed by atoms with E-state index in [1.807, 2.05) is 0 Å². The molecule has 5 heteroatoms. The first kappa shape index (κ1) is 26.7. The Morgan fingerprint density at radius 3 is 2.04 bits per heavy atom. The van der Waals surface area contributed by atoms with E-state index in [1.54, 1.807) is 25.4 Å². The molecule has 3 rings (SSSR count). The van der Waals surface area contributed by atoms with E-state index in [0.717, 1.165) is 0 Å². The van der Waals surface area contributed by atoms with Gasteiger partial charge >= 0.3 is 161 Å². The number of hydrogen-bond acceptors (Lipinski definition) is 0. The molecule has 0 amide bonds. The molecule has 0 nitrogen and oxygen atoms in total. The minimum atomic E-state index is -0.380. The molecule has 0 spiro atoms. The molecule has 1 aliphatic carbocycles. The van der Waals surface area contributed by atoms with Gasteiger partial charge in [0.2, 0.25) is 0 Å². The van der Waals surface area contributed by atoms with Crippen LogP contribution in [-0.4, -0.2) is 9.52 Å². The molecule has 0 fully saturated rings. The zero-order chi connectivity index (χ0) is 16.8. The van der Waals surface area contributed by atoms with Crippen molar-refractivity contribution < 1.29 is 57.7 Å². The van der Waals surface area contributed by atoms with Crippen LogP contribution in [0.1, 0.15) is 44.6 Å². The molecule has 0 heterocycles. The fourth-order valence-corrected chi connectivity index (χ4v) is 6.63. The fourth-order valence-electron chi connectivity index (χ4n) is 3.54. The van der Waals surface area contributed by atoms with Crippen molar-refractivity contribution in [3.8, 4) is 0 Å². The van der Waals surface area contributed by atoms with Crippen LogP contribution >= 0.6 is 0 Å². The third-order valence-electron chi connectivity index (χ3n) is 4.79. The molecule has 0 bridgehead atoms. The fraction of sp³-hybridized carbons (Fsp3) is 0.273. The summed E-state index contributed by atoms with van der Waals surface area (Å²) < 4.78 is 1.57. The maximum Gasteiger partial charge on any atom is -1.00 e. The van der Waals surface area contributed by atoms with Crippen LogP contribution in [0, 0.1) is 0 Å². The van der Waals surface area contributed by atoms with Gasteiger partial charge in [0.15, 0.2) is 0 Å². The molecule has 0 N–H and O–H groups in total. The van der Waals surface area contributed by atoms with E-state index in [2.05, 4.69) is 88.0 Å². The van der Waals surface area contributed by atoms with Crippen LogP contribution in [0.25, 0.3) is 5.57 Å². The Hall–Kier alpha value is -0.279. The molecule has 2 aromatic rings. The second-order valence-corrected chi connectivity index (χ2v) is 9.42. The van der Waals surface area contributed by atoms with Gasteiger partial charge < -0.3 is 37.2 Å². The minimum absolute atomic E-state index is 0. The van der Waals surface area contributed by atoms with E-state index >= 15 is 0 Å². The summed E-state index contributed by atoms with van der Waals surface area (Å²) in [5.41, 5.74) is 4.68. The second kappa shape index (κ2) is 13.8. The molecule has 0 saturated heterocycles. The van der Waals surface area contributed by atoms with Crippen LogP contribution in [0.2, 0.25) is 0 Å². The van der Waals surface area contributed by atoms with Crippen LogP contribution in [-0.2, 0) is 20.4 Å². The van der Waals surface area contributed by atoms with E-state index in [4.69, 9.17) is 0 Å². The largest absolute Gasteiger partial charge is 1.00 e. The molecule has 27 heavy (non-hydrogen) atoms. The first-order chi connectivity index (χ1) is 11.8. The first-order valence-electron chi connectivity index (χ1n) is 9.05. The molecular formula is C22H25Cl3SiTi. The van der Waals surface area contributed by atoms with Gasteiger partial charge in [-0.15, -0.1) is 0 Å². The summed E-state index contributed by atoms with van der Waals surface area (Å²) in [6.07, 6.45) is 6.49. The summed E-state index contributed by atoms with van der Waals surface area (Å²) >= 11 is 2.36. The van der Waals surface area contributed by atoms with Crippen molar-refractivity contribution in [1.29, 1.82) is 0 Å². The SMILES string of the molecule is CCCCCC1=[C]([Ti+3])C(c2ccccc2)=C([SiH2]c2ccccc2)C1.[Cl-].[Cl-].[Cl-]. The van der Waals surface area contributed by atoms with Crippen molar-refractivity contribution in [2.75, 3.05) is 0 Å². The summed E-state index contributed by atoms with van der Waals surface area (Å²) in [6.45, 7) is 2.29. The van der Waals surface area contributed by atoms with E-state index in [9.17, 15) is 0 Å². The van der Waals surface area contributed by atoms with Crippen molar-refractivity contribution in [2.24, 2.45) is 0 Å². The third kappa shape index (κ3) is 7.24. The number of benzene rings is 2. The van der Waals surface area contributed by atoms with Crippen LogP contribution in [0.4, 0.5) is 0 Å². The number of unbranched alkanes of at least 4 members (excludes halogenated alkanes) is 2. The van der Waals surface area contributed by atoms with E-state index in [-0.39, 0.29) is 46.7 Å². The minimum Gasteiger partial charge on any atom is -1.00 e. The molecule has 1 aliphatic rings. The number of hydrogen-bond donors (Lipinski definition) is 0. The maximum absolute atomic E-state index is 2.36. The molecule has 0 atom stereocenters. The average molecular weight is 472 g/mol. The smallest absolute Gasteiger partial charge is 1.00 e. The van der Waals surface area contributed by atoms with E-state index in [1.165, 1.54) is 37.7 Å². The van der Waals surface area contributed by atoms with Crippen LogP contribution in [0.3, 0.4) is 0 Å². The topological polar surface area (TPSA) is 0 Å². The zero-order valence-corrected chi connectivity index (χ0v) is 20.9. The molecule has 0 aliphatic heterocycles. The average Bonchev–Trinajstić information content (AvgIpc) is 2.92. The van der Waals surface area contributed by atoms with Crippen LogP contribution in [0.5, 0.6) is 0 Å². The van der Waals surface area contributed by atoms with Gasteiger partial charge in [-0.2, -0.15) is 0 Å². The maximum atomic E-state index is 2.36. The van der Waals surface area contributed by atoms with Crippen LogP contribution < -0.4 is 42.4 Å². The van der Waals surface area contributed by atoms with Gasteiger partial charge in [0, 0.05) is 0 Å². The van der Waals surface area contributed by atoms with Gasteiger partial charge in [-0.1, -0.05) is 0 Å². The molecule has 142 valence electrons. The van der Waals surface area contributed by atoms with Gasteiger partial charge in [0.1, 0.15) is 0 Å². The van der Waals surface area contributed by atoms with Crippen molar-refractivity contribution >= 4 is 20.3 Å². The Balaban J connectivity index is 0.00000225. The van der Waals surface area contributed by atoms with Crippen molar-refractivity contribution in [2.45, 2.75) is 39.0 Å². The Kier molecular flexibility index (Phi) is 13.7. The molecule has 0 saturated carbocycles. The van der Waals surface area contributed by atoms with E-state index in [0.29, 0.717) is 0 Å². The third-order valence-corrected chi connectivity index (χ3v) is 7.64. The monoisotopic (exact) mass is 470 g/mol. The van der Waals surface area contributed by atoms with Gasteiger partial charge in [0.25, 0.3) is 0 Å². The van der Waals surface area contributed by atoms with Crippen molar-refractivity contribution in [3.05, 3.63) is 80.9 Å². The molecule has 0 radical (unpaired) electrons. The van der Waals surface area contributed by atoms with E-state index < -0.39 is 0 Å². The quantitative estimate of drug-likeness (QED) is 0.283. The predicted molar refractivity (Wildman–Crippen MR) is 104 cm³/mol. The molecular weight excluding hydrogens is 447 g/mol. The van der Waals surface area contributed by atoms with Gasteiger partial charge in [0.05, 0.1) is 0 Å². The second-order valence-electron chi connectivity index (χ2n) is 6.62.